The Hall–Kier alpha value is -1.85. The fraction of sp³-hybridized carbons (Fsp3) is 0.583. The third-order valence-corrected chi connectivity index (χ3v) is 3.26. The van der Waals surface area contributed by atoms with E-state index in [1.54, 1.807) is 6.33 Å². The number of imidazole rings is 1. The number of nitrogens with zero attached hydrogens (tertiary/aromatic N) is 4. The predicted molar refractivity (Wildman–Crippen MR) is 71.9 cm³/mol. The highest BCUT2D eigenvalue weighted by Crippen LogP contribution is 2.25. The Labute approximate surface area is 106 Å². The van der Waals surface area contributed by atoms with E-state index in [0.717, 1.165) is 36.6 Å². The molecule has 3 heterocycles. The van der Waals surface area contributed by atoms with E-state index in [4.69, 9.17) is 0 Å². The van der Waals surface area contributed by atoms with Crippen molar-refractivity contribution in [2.45, 2.75) is 26.2 Å². The molecule has 1 fully saturated rings. The van der Waals surface area contributed by atoms with Crippen molar-refractivity contribution in [1.82, 2.24) is 19.9 Å². The summed E-state index contributed by atoms with van der Waals surface area (Å²) < 4.78 is 0. The first-order valence-corrected chi connectivity index (χ1v) is 6.58. The van der Waals surface area contributed by atoms with Gasteiger partial charge in [-0.15, -0.1) is 0 Å². The van der Waals surface area contributed by atoms with E-state index in [-0.39, 0.29) is 0 Å². The summed E-state index contributed by atoms with van der Waals surface area (Å²) in [6, 6.07) is 0. The van der Waals surface area contributed by atoms with Crippen molar-refractivity contribution in [2.75, 3.05) is 29.9 Å². The highest BCUT2D eigenvalue weighted by Gasteiger charge is 2.18. The van der Waals surface area contributed by atoms with Gasteiger partial charge in [-0.05, 0) is 26.2 Å². The molecule has 0 amide bonds. The van der Waals surface area contributed by atoms with Gasteiger partial charge in [0.15, 0.2) is 11.5 Å². The van der Waals surface area contributed by atoms with Gasteiger partial charge >= 0.3 is 0 Å². The molecule has 0 aliphatic carbocycles. The molecule has 1 aliphatic heterocycles. The summed E-state index contributed by atoms with van der Waals surface area (Å²) in [5.41, 5.74) is 1.68. The Balaban J connectivity index is 2.03. The number of aromatic amines is 1. The molecule has 0 unspecified atom stereocenters. The predicted octanol–water partition coefficient (Wildman–Crippen LogP) is 1.77. The summed E-state index contributed by atoms with van der Waals surface area (Å²) in [5, 5.41) is 3.17. The van der Waals surface area contributed by atoms with E-state index in [1.165, 1.54) is 19.3 Å². The van der Waals surface area contributed by atoms with Gasteiger partial charge in [-0.3, -0.25) is 0 Å². The molecule has 0 aromatic carbocycles. The number of H-pyrrole nitrogens is 1. The summed E-state index contributed by atoms with van der Waals surface area (Å²) in [6.07, 6.45) is 5.46. The minimum Gasteiger partial charge on any atom is -0.355 e. The summed E-state index contributed by atoms with van der Waals surface area (Å²) in [4.78, 5) is 18.7. The molecular formula is C12H18N6. The Morgan fingerprint density at radius 2 is 2.11 bits per heavy atom. The number of anilines is 2. The number of hydrogen-bond donors (Lipinski definition) is 2. The molecule has 0 radical (unpaired) electrons. The van der Waals surface area contributed by atoms with Crippen LogP contribution in [0.4, 0.5) is 11.8 Å². The molecule has 1 saturated heterocycles. The number of rotatable bonds is 3. The molecule has 6 heteroatoms. The average molecular weight is 246 g/mol. The molecule has 0 bridgehead atoms. The van der Waals surface area contributed by atoms with Gasteiger partial charge in [-0.1, -0.05) is 0 Å². The van der Waals surface area contributed by atoms with Gasteiger partial charge in [0, 0.05) is 19.6 Å². The lowest BCUT2D eigenvalue weighted by atomic mass is 10.1. The van der Waals surface area contributed by atoms with Gasteiger partial charge in [0.2, 0.25) is 5.95 Å². The second kappa shape index (κ2) is 4.80. The van der Waals surface area contributed by atoms with Crippen LogP contribution < -0.4 is 10.2 Å². The number of hydrogen-bond acceptors (Lipinski definition) is 5. The van der Waals surface area contributed by atoms with Crippen LogP contribution in [0.15, 0.2) is 6.33 Å². The SMILES string of the molecule is CCNc1nc(N2CCCCC2)c2[nH]cnc2n1. The Morgan fingerprint density at radius 3 is 2.89 bits per heavy atom. The lowest BCUT2D eigenvalue weighted by Gasteiger charge is -2.28. The molecule has 0 spiro atoms. The number of piperidine rings is 1. The van der Waals surface area contributed by atoms with Gasteiger partial charge < -0.3 is 15.2 Å². The van der Waals surface area contributed by atoms with Crippen molar-refractivity contribution in [2.24, 2.45) is 0 Å². The fourth-order valence-corrected chi connectivity index (χ4v) is 2.39. The van der Waals surface area contributed by atoms with E-state index in [0.29, 0.717) is 5.95 Å². The maximum atomic E-state index is 4.62. The first-order chi connectivity index (χ1) is 8.88. The van der Waals surface area contributed by atoms with Crippen molar-refractivity contribution in [3.05, 3.63) is 6.33 Å². The lowest BCUT2D eigenvalue weighted by Crippen LogP contribution is -2.30. The third kappa shape index (κ3) is 1.98. The highest BCUT2D eigenvalue weighted by molar-refractivity contribution is 5.84. The molecule has 2 aromatic heterocycles. The van der Waals surface area contributed by atoms with E-state index in [1.807, 2.05) is 6.92 Å². The van der Waals surface area contributed by atoms with Crippen LogP contribution in [0.1, 0.15) is 26.2 Å². The zero-order valence-electron chi connectivity index (χ0n) is 10.6. The Kier molecular flexibility index (Phi) is 3.00. The molecule has 2 aromatic rings. The number of aromatic nitrogens is 4. The van der Waals surface area contributed by atoms with Gasteiger partial charge in [-0.2, -0.15) is 9.97 Å². The van der Waals surface area contributed by atoms with Crippen LogP contribution in [0, 0.1) is 0 Å². The van der Waals surface area contributed by atoms with Crippen LogP contribution in [0.25, 0.3) is 11.2 Å². The van der Waals surface area contributed by atoms with Gasteiger partial charge in [-0.25, -0.2) is 4.98 Å². The van der Waals surface area contributed by atoms with Gasteiger partial charge in [0.05, 0.1) is 6.33 Å². The van der Waals surface area contributed by atoms with Crippen molar-refractivity contribution >= 4 is 22.9 Å². The number of fused-ring (bicyclic) bond motifs is 1. The smallest absolute Gasteiger partial charge is 0.226 e. The maximum absolute atomic E-state index is 4.62. The molecule has 6 nitrogen and oxygen atoms in total. The monoisotopic (exact) mass is 246 g/mol. The molecule has 0 saturated carbocycles. The van der Waals surface area contributed by atoms with E-state index in [9.17, 15) is 0 Å². The molecule has 3 rings (SSSR count). The fourth-order valence-electron chi connectivity index (χ4n) is 2.39. The number of nitrogens with one attached hydrogen (secondary N) is 2. The van der Waals surface area contributed by atoms with Crippen LogP contribution >= 0.6 is 0 Å². The standard InChI is InChI=1S/C12H18N6/c1-2-13-12-16-10-9(14-8-15-10)11(17-12)18-6-4-3-5-7-18/h8H,2-7H2,1H3,(H2,13,14,15,16,17). The summed E-state index contributed by atoms with van der Waals surface area (Å²) in [7, 11) is 0. The second-order valence-corrected chi connectivity index (χ2v) is 4.55. The summed E-state index contributed by atoms with van der Waals surface area (Å²) in [5.74, 6) is 1.64. The largest absolute Gasteiger partial charge is 0.355 e. The zero-order chi connectivity index (χ0) is 12.4. The van der Waals surface area contributed by atoms with Crippen molar-refractivity contribution in [1.29, 1.82) is 0 Å². The first kappa shape index (κ1) is 11.3. The molecule has 96 valence electrons. The topological polar surface area (TPSA) is 69.7 Å². The van der Waals surface area contributed by atoms with Crippen molar-refractivity contribution in [3.8, 4) is 0 Å². The van der Waals surface area contributed by atoms with Crippen molar-refractivity contribution < 1.29 is 0 Å². The van der Waals surface area contributed by atoms with Crippen LogP contribution in [0.5, 0.6) is 0 Å². The van der Waals surface area contributed by atoms with Gasteiger partial charge in [0.25, 0.3) is 0 Å². The minimum atomic E-state index is 0.665. The lowest BCUT2D eigenvalue weighted by molar-refractivity contribution is 0.574. The molecular weight excluding hydrogens is 228 g/mol. The summed E-state index contributed by atoms with van der Waals surface area (Å²) >= 11 is 0. The second-order valence-electron chi connectivity index (χ2n) is 4.55. The van der Waals surface area contributed by atoms with Crippen LogP contribution in [-0.2, 0) is 0 Å². The first-order valence-electron chi connectivity index (χ1n) is 6.58. The van der Waals surface area contributed by atoms with E-state index in [2.05, 4.69) is 30.2 Å². The highest BCUT2D eigenvalue weighted by atomic mass is 15.2. The maximum Gasteiger partial charge on any atom is 0.226 e. The Bertz CT molecular complexity index is 528. The molecule has 1 aliphatic rings. The normalized spacial score (nSPS) is 16.2. The Morgan fingerprint density at radius 1 is 1.28 bits per heavy atom. The zero-order valence-corrected chi connectivity index (χ0v) is 10.6. The third-order valence-electron chi connectivity index (χ3n) is 3.26. The average Bonchev–Trinajstić information content (AvgIpc) is 2.87. The molecule has 0 atom stereocenters. The van der Waals surface area contributed by atoms with Crippen LogP contribution in [-0.4, -0.2) is 39.6 Å². The molecule has 2 N–H and O–H groups in total. The minimum absolute atomic E-state index is 0.665. The van der Waals surface area contributed by atoms with Crippen LogP contribution in [0.3, 0.4) is 0 Å². The summed E-state index contributed by atoms with van der Waals surface area (Å²) in [6.45, 7) is 4.99. The van der Waals surface area contributed by atoms with E-state index < -0.39 is 0 Å². The van der Waals surface area contributed by atoms with Gasteiger partial charge in [0.1, 0.15) is 5.52 Å². The van der Waals surface area contributed by atoms with Crippen LogP contribution in [0.2, 0.25) is 0 Å². The van der Waals surface area contributed by atoms with Crippen molar-refractivity contribution in [3.63, 3.8) is 0 Å². The van der Waals surface area contributed by atoms with E-state index >= 15 is 0 Å². The quantitative estimate of drug-likeness (QED) is 0.863. The molecule has 18 heavy (non-hydrogen) atoms.